The molecule has 2 atom stereocenters. The first-order chi connectivity index (χ1) is 7.83. The first-order valence-electron chi connectivity index (χ1n) is 6.40. The van der Waals surface area contributed by atoms with Gasteiger partial charge in [-0.1, -0.05) is 12.8 Å². The summed E-state index contributed by atoms with van der Waals surface area (Å²) in [5.74, 6) is 0.767. The van der Waals surface area contributed by atoms with E-state index in [2.05, 4.69) is 0 Å². The molecule has 1 aliphatic heterocycles. The molecule has 1 heterocycles. The van der Waals surface area contributed by atoms with E-state index >= 15 is 0 Å². The highest BCUT2D eigenvalue weighted by Crippen LogP contribution is 2.30. The van der Waals surface area contributed by atoms with Gasteiger partial charge < -0.3 is 15.4 Å². The Morgan fingerprint density at radius 1 is 1.38 bits per heavy atom. The van der Waals surface area contributed by atoms with E-state index in [1.165, 1.54) is 19.3 Å². The van der Waals surface area contributed by atoms with Gasteiger partial charge in [0.1, 0.15) is 0 Å². The van der Waals surface area contributed by atoms with Crippen molar-refractivity contribution in [3.63, 3.8) is 0 Å². The van der Waals surface area contributed by atoms with Gasteiger partial charge in [-0.15, -0.1) is 0 Å². The van der Waals surface area contributed by atoms with E-state index < -0.39 is 0 Å². The topological polar surface area (TPSA) is 55.6 Å². The molecule has 0 spiro atoms. The van der Waals surface area contributed by atoms with Gasteiger partial charge in [0.05, 0.1) is 13.2 Å². The Bertz CT molecular complexity index is 245. The Kier molecular flexibility index (Phi) is 4.18. The lowest BCUT2D eigenvalue weighted by atomic mass is 9.84. The number of nitrogens with two attached hydrogens (primary N) is 1. The maximum atomic E-state index is 12.0. The molecule has 2 fully saturated rings. The fourth-order valence-electron chi connectivity index (χ4n) is 2.93. The van der Waals surface area contributed by atoms with Crippen LogP contribution in [0.2, 0.25) is 0 Å². The molecule has 16 heavy (non-hydrogen) atoms. The summed E-state index contributed by atoms with van der Waals surface area (Å²) < 4.78 is 5.60. The van der Waals surface area contributed by atoms with Crippen LogP contribution in [0.4, 0.5) is 0 Å². The van der Waals surface area contributed by atoms with Gasteiger partial charge in [-0.3, -0.25) is 4.79 Å². The van der Waals surface area contributed by atoms with Crippen molar-refractivity contribution in [2.24, 2.45) is 11.7 Å². The van der Waals surface area contributed by atoms with Gasteiger partial charge in [-0.2, -0.15) is 0 Å². The van der Waals surface area contributed by atoms with Crippen LogP contribution in [-0.2, 0) is 9.53 Å². The van der Waals surface area contributed by atoms with Crippen LogP contribution >= 0.6 is 0 Å². The minimum absolute atomic E-state index is 0.213. The number of nitrogens with zero attached hydrogens (tertiary/aromatic N) is 1. The van der Waals surface area contributed by atoms with Gasteiger partial charge >= 0.3 is 0 Å². The van der Waals surface area contributed by atoms with Gasteiger partial charge in [-0.05, 0) is 12.8 Å². The van der Waals surface area contributed by atoms with Crippen molar-refractivity contribution < 1.29 is 9.53 Å². The molecule has 92 valence electrons. The smallest absolute Gasteiger partial charge is 0.224 e. The number of carbonyl (C=O) groups excluding carboxylic acids is 1. The summed E-state index contributed by atoms with van der Waals surface area (Å²) in [5, 5.41) is 0. The SMILES string of the molecule is NCCC(=O)N1CCOC[C@@H]2CCCC[C@@H]21. The van der Waals surface area contributed by atoms with Crippen molar-refractivity contribution in [1.82, 2.24) is 4.90 Å². The quantitative estimate of drug-likeness (QED) is 0.756. The fourth-order valence-corrected chi connectivity index (χ4v) is 2.93. The minimum atomic E-state index is 0.213. The third-order valence-electron chi connectivity index (χ3n) is 3.76. The van der Waals surface area contributed by atoms with Crippen LogP contribution < -0.4 is 5.73 Å². The normalized spacial score (nSPS) is 30.7. The van der Waals surface area contributed by atoms with E-state index in [1.54, 1.807) is 0 Å². The van der Waals surface area contributed by atoms with Crippen LogP contribution in [0.1, 0.15) is 32.1 Å². The number of rotatable bonds is 2. The van der Waals surface area contributed by atoms with E-state index in [0.29, 0.717) is 31.5 Å². The average molecular weight is 226 g/mol. The molecular formula is C12H22N2O2. The van der Waals surface area contributed by atoms with Crippen LogP contribution in [0, 0.1) is 5.92 Å². The van der Waals surface area contributed by atoms with Crippen molar-refractivity contribution in [2.45, 2.75) is 38.1 Å². The van der Waals surface area contributed by atoms with Gasteiger partial charge in [0.2, 0.25) is 5.91 Å². The highest BCUT2D eigenvalue weighted by atomic mass is 16.5. The second-order valence-electron chi connectivity index (χ2n) is 4.81. The van der Waals surface area contributed by atoms with Crippen LogP contribution in [0.5, 0.6) is 0 Å². The molecule has 1 saturated carbocycles. The fraction of sp³-hybridized carbons (Fsp3) is 0.917. The zero-order chi connectivity index (χ0) is 11.4. The van der Waals surface area contributed by atoms with E-state index in [-0.39, 0.29) is 5.91 Å². The average Bonchev–Trinajstić information content (AvgIpc) is 2.51. The van der Waals surface area contributed by atoms with Crippen LogP contribution in [0.25, 0.3) is 0 Å². The van der Waals surface area contributed by atoms with Gasteiger partial charge in [0, 0.05) is 31.5 Å². The van der Waals surface area contributed by atoms with Crippen LogP contribution in [-0.4, -0.2) is 43.2 Å². The number of carbonyl (C=O) groups is 1. The molecule has 0 radical (unpaired) electrons. The van der Waals surface area contributed by atoms with Crippen molar-refractivity contribution in [3.8, 4) is 0 Å². The molecule has 0 bridgehead atoms. The lowest BCUT2D eigenvalue weighted by Crippen LogP contribution is -2.46. The van der Waals surface area contributed by atoms with E-state index in [1.807, 2.05) is 4.90 Å². The second-order valence-corrected chi connectivity index (χ2v) is 4.81. The predicted octanol–water partition coefficient (Wildman–Crippen LogP) is 0.753. The summed E-state index contributed by atoms with van der Waals surface area (Å²) >= 11 is 0. The number of ether oxygens (including phenoxy) is 1. The maximum Gasteiger partial charge on any atom is 0.224 e. The summed E-state index contributed by atoms with van der Waals surface area (Å²) in [6.45, 7) is 2.72. The molecule has 1 saturated heterocycles. The molecule has 4 nitrogen and oxygen atoms in total. The lowest BCUT2D eigenvalue weighted by Gasteiger charge is -2.37. The standard InChI is InChI=1S/C12H22N2O2/c13-6-5-12(15)14-7-8-16-9-10-3-1-2-4-11(10)14/h10-11H,1-9,13H2/t10-,11-/m0/s1. The molecule has 2 N–H and O–H groups in total. The van der Waals surface area contributed by atoms with Crippen molar-refractivity contribution in [1.29, 1.82) is 0 Å². The summed E-state index contributed by atoms with van der Waals surface area (Å²) in [7, 11) is 0. The molecular weight excluding hydrogens is 204 g/mol. The summed E-state index contributed by atoms with van der Waals surface area (Å²) in [4.78, 5) is 14.0. The summed E-state index contributed by atoms with van der Waals surface area (Å²) in [6, 6.07) is 0.412. The monoisotopic (exact) mass is 226 g/mol. The summed E-state index contributed by atoms with van der Waals surface area (Å²) in [6.07, 6.45) is 5.35. The molecule has 2 aliphatic rings. The Balaban J connectivity index is 2.05. The van der Waals surface area contributed by atoms with Crippen LogP contribution in [0.15, 0.2) is 0 Å². The first kappa shape index (κ1) is 11.9. The molecule has 0 aromatic rings. The highest BCUT2D eigenvalue weighted by Gasteiger charge is 2.34. The molecule has 0 unspecified atom stereocenters. The summed E-state index contributed by atoms with van der Waals surface area (Å²) in [5.41, 5.74) is 5.46. The number of hydrogen-bond donors (Lipinski definition) is 1. The maximum absolute atomic E-state index is 12.0. The molecule has 0 aromatic carbocycles. The number of hydrogen-bond acceptors (Lipinski definition) is 3. The molecule has 1 aliphatic carbocycles. The van der Waals surface area contributed by atoms with Crippen molar-refractivity contribution in [2.75, 3.05) is 26.3 Å². The Morgan fingerprint density at radius 3 is 3.00 bits per heavy atom. The molecule has 1 amide bonds. The zero-order valence-electron chi connectivity index (χ0n) is 9.86. The Labute approximate surface area is 97.1 Å². The van der Waals surface area contributed by atoms with E-state index in [9.17, 15) is 4.79 Å². The zero-order valence-corrected chi connectivity index (χ0v) is 9.86. The third kappa shape index (κ3) is 2.55. The molecule has 0 aromatic heterocycles. The minimum Gasteiger partial charge on any atom is -0.379 e. The van der Waals surface area contributed by atoms with Crippen LogP contribution in [0.3, 0.4) is 0 Å². The van der Waals surface area contributed by atoms with Gasteiger partial charge in [0.15, 0.2) is 0 Å². The largest absolute Gasteiger partial charge is 0.379 e. The lowest BCUT2D eigenvalue weighted by molar-refractivity contribution is -0.134. The second kappa shape index (κ2) is 5.64. The van der Waals surface area contributed by atoms with E-state index in [4.69, 9.17) is 10.5 Å². The number of amides is 1. The van der Waals surface area contributed by atoms with Crippen molar-refractivity contribution in [3.05, 3.63) is 0 Å². The number of fused-ring (bicyclic) bond motifs is 1. The van der Waals surface area contributed by atoms with Gasteiger partial charge in [0.25, 0.3) is 0 Å². The Hall–Kier alpha value is -0.610. The Morgan fingerprint density at radius 2 is 2.19 bits per heavy atom. The predicted molar refractivity (Wildman–Crippen MR) is 61.9 cm³/mol. The van der Waals surface area contributed by atoms with E-state index in [0.717, 1.165) is 19.6 Å². The van der Waals surface area contributed by atoms with Crippen molar-refractivity contribution >= 4 is 5.91 Å². The molecule has 2 rings (SSSR count). The van der Waals surface area contributed by atoms with Gasteiger partial charge in [-0.25, -0.2) is 0 Å². The first-order valence-corrected chi connectivity index (χ1v) is 6.40. The highest BCUT2D eigenvalue weighted by molar-refractivity contribution is 5.76. The third-order valence-corrected chi connectivity index (χ3v) is 3.76. The molecule has 4 heteroatoms.